The lowest BCUT2D eigenvalue weighted by Gasteiger charge is -2.26. The van der Waals surface area contributed by atoms with Crippen molar-refractivity contribution in [2.75, 3.05) is 24.6 Å². The van der Waals surface area contributed by atoms with Crippen molar-refractivity contribution in [2.24, 2.45) is 5.92 Å². The number of ether oxygens (including phenoxy) is 1. The van der Waals surface area contributed by atoms with Crippen molar-refractivity contribution in [3.63, 3.8) is 0 Å². The number of cyclic esters (lactones) is 1. The molecular formula is C38H49N7O6. The average molecular weight is 700 g/mol. The van der Waals surface area contributed by atoms with Gasteiger partial charge in [-0.05, 0) is 75.4 Å². The van der Waals surface area contributed by atoms with E-state index >= 15 is 0 Å². The van der Waals surface area contributed by atoms with Gasteiger partial charge in [0.15, 0.2) is 0 Å². The average Bonchev–Trinajstić information content (AvgIpc) is 3.46. The maximum absolute atomic E-state index is 14.0. The van der Waals surface area contributed by atoms with Crippen molar-refractivity contribution in [3.05, 3.63) is 95.3 Å². The first-order valence-corrected chi connectivity index (χ1v) is 17.4. The van der Waals surface area contributed by atoms with Crippen molar-refractivity contribution in [3.8, 4) is 0 Å². The molecule has 1 aromatic heterocycles. The summed E-state index contributed by atoms with van der Waals surface area (Å²) in [4.78, 5) is 71.5. The fraction of sp³-hybridized carbons (Fsp3) is 0.421. The molecule has 0 radical (unpaired) electrons. The fourth-order valence-corrected chi connectivity index (χ4v) is 5.73. The molecule has 2 aromatic carbocycles. The first-order chi connectivity index (χ1) is 24.4. The lowest BCUT2D eigenvalue weighted by molar-refractivity contribution is -0.130. The summed E-state index contributed by atoms with van der Waals surface area (Å²) in [5.41, 5.74) is 2.48. The third-order valence-corrected chi connectivity index (χ3v) is 8.66. The van der Waals surface area contributed by atoms with E-state index in [1.165, 1.54) is 11.0 Å². The molecule has 0 bridgehead atoms. The van der Waals surface area contributed by atoms with Crippen LogP contribution >= 0.6 is 0 Å². The fourth-order valence-electron chi connectivity index (χ4n) is 5.73. The second kappa shape index (κ2) is 18.1. The van der Waals surface area contributed by atoms with Gasteiger partial charge in [-0.3, -0.25) is 29.1 Å². The smallest absolute Gasteiger partial charge is 0.414 e. The molecular weight excluding hydrogens is 650 g/mol. The highest BCUT2D eigenvalue weighted by Gasteiger charge is 2.32. The topological polar surface area (TPSA) is 171 Å². The standard InChI is InChI=1S/C38H49N7O6/c1-7-40-37(49)33(23(2)3)44-34(46)26(6)41-21-31(16-27-12-9-8-10-13-27)43-36(48)30-17-29(18-32(19-30)45-24(4)22-51-38(45)50)35(47)42-25(5)28-14-11-15-39-20-28/h8-15,17-20,23-26,31,33,41H,7,16,21-22H2,1-6H3,(H,40,49)(H,42,47)(H,43,48)(H,44,46)/t24?,25?,26-,31-,33-/m0/s1. The van der Waals surface area contributed by atoms with Gasteiger partial charge in [-0.1, -0.05) is 50.2 Å². The number of hydrogen-bond donors (Lipinski definition) is 5. The van der Waals surface area contributed by atoms with Crippen LogP contribution < -0.4 is 31.5 Å². The first kappa shape index (κ1) is 38.5. The molecule has 3 aromatic rings. The van der Waals surface area contributed by atoms with Crippen molar-refractivity contribution in [1.82, 2.24) is 31.6 Å². The summed E-state index contributed by atoms with van der Waals surface area (Å²) >= 11 is 0. The maximum atomic E-state index is 14.0. The number of likely N-dealkylation sites (N-methyl/N-ethyl adjacent to an activating group) is 1. The summed E-state index contributed by atoms with van der Waals surface area (Å²) in [5, 5.41) is 14.8. The Balaban J connectivity index is 1.56. The van der Waals surface area contributed by atoms with E-state index in [-0.39, 0.29) is 54.1 Å². The minimum absolute atomic E-state index is 0.121. The number of carbonyl (C=O) groups excluding carboxylic acids is 5. The first-order valence-electron chi connectivity index (χ1n) is 17.4. The normalized spacial score (nSPS) is 16.4. The Bertz CT molecular complexity index is 1670. The maximum Gasteiger partial charge on any atom is 0.414 e. The molecule has 0 spiro atoms. The molecule has 13 heteroatoms. The number of nitrogens with zero attached hydrogens (tertiary/aromatic N) is 2. The van der Waals surface area contributed by atoms with Gasteiger partial charge in [0.2, 0.25) is 11.8 Å². The van der Waals surface area contributed by atoms with E-state index < -0.39 is 36.0 Å². The molecule has 2 unspecified atom stereocenters. The Labute approximate surface area is 299 Å². The van der Waals surface area contributed by atoms with E-state index in [2.05, 4.69) is 31.6 Å². The van der Waals surface area contributed by atoms with E-state index in [1.54, 1.807) is 37.5 Å². The number of nitrogens with one attached hydrogen (secondary N) is 5. The zero-order valence-electron chi connectivity index (χ0n) is 30.1. The third kappa shape index (κ3) is 10.6. The summed E-state index contributed by atoms with van der Waals surface area (Å²) < 4.78 is 5.24. The molecule has 0 aliphatic carbocycles. The van der Waals surface area contributed by atoms with Crippen LogP contribution in [0.5, 0.6) is 0 Å². The number of pyridine rings is 1. The highest BCUT2D eigenvalue weighted by molar-refractivity contribution is 6.03. The predicted octanol–water partition coefficient (Wildman–Crippen LogP) is 3.51. The van der Waals surface area contributed by atoms with Gasteiger partial charge in [0.1, 0.15) is 12.6 Å². The lowest BCUT2D eigenvalue weighted by atomic mass is 10.0. The molecule has 51 heavy (non-hydrogen) atoms. The molecule has 5 atom stereocenters. The number of rotatable bonds is 16. The van der Waals surface area contributed by atoms with Gasteiger partial charge in [0, 0.05) is 48.3 Å². The predicted molar refractivity (Wildman–Crippen MR) is 194 cm³/mol. The van der Waals surface area contributed by atoms with Crippen LogP contribution in [0.15, 0.2) is 73.1 Å². The number of carbonyl (C=O) groups is 5. The zero-order valence-corrected chi connectivity index (χ0v) is 30.1. The number of hydrogen-bond acceptors (Lipinski definition) is 8. The Morgan fingerprint density at radius 1 is 0.902 bits per heavy atom. The van der Waals surface area contributed by atoms with Crippen molar-refractivity contribution >= 4 is 35.4 Å². The molecule has 13 nitrogen and oxygen atoms in total. The highest BCUT2D eigenvalue weighted by atomic mass is 16.6. The van der Waals surface area contributed by atoms with Crippen molar-refractivity contribution < 1.29 is 28.7 Å². The van der Waals surface area contributed by atoms with E-state index in [0.29, 0.717) is 18.7 Å². The Morgan fingerprint density at radius 2 is 1.59 bits per heavy atom. The molecule has 2 heterocycles. The van der Waals surface area contributed by atoms with Crippen LogP contribution in [0, 0.1) is 5.92 Å². The summed E-state index contributed by atoms with van der Waals surface area (Å²) in [6.45, 7) is 11.7. The summed E-state index contributed by atoms with van der Waals surface area (Å²) in [6, 6.07) is 15.3. The number of benzene rings is 2. The largest absolute Gasteiger partial charge is 0.447 e. The summed E-state index contributed by atoms with van der Waals surface area (Å²) in [6.07, 6.45) is 3.18. The molecule has 5 amide bonds. The second-order valence-corrected chi connectivity index (χ2v) is 13.2. The molecule has 1 aliphatic rings. The van der Waals surface area contributed by atoms with Crippen LogP contribution in [-0.4, -0.2) is 78.6 Å². The minimum Gasteiger partial charge on any atom is -0.447 e. The summed E-state index contributed by atoms with van der Waals surface area (Å²) in [5.74, 6) is -1.62. The minimum atomic E-state index is -0.692. The van der Waals surface area contributed by atoms with Crippen LogP contribution in [0.1, 0.15) is 79.4 Å². The van der Waals surface area contributed by atoms with E-state index in [0.717, 1.165) is 11.1 Å². The van der Waals surface area contributed by atoms with Crippen LogP contribution in [-0.2, 0) is 20.7 Å². The van der Waals surface area contributed by atoms with E-state index in [1.807, 2.05) is 71.0 Å². The number of amides is 5. The SMILES string of the molecule is CCNC(=O)[C@@H](NC(=O)[C@H](C)NC[C@H](Cc1ccccc1)NC(=O)c1cc(C(=O)NC(C)c2cccnc2)cc(N2C(=O)OCC2C)c1)C(C)C. The molecule has 272 valence electrons. The van der Waals surface area contributed by atoms with Crippen LogP contribution in [0.3, 0.4) is 0 Å². The van der Waals surface area contributed by atoms with Crippen LogP contribution in [0.2, 0.25) is 0 Å². The van der Waals surface area contributed by atoms with Gasteiger partial charge in [-0.15, -0.1) is 0 Å². The molecule has 1 saturated heterocycles. The number of aromatic nitrogens is 1. The molecule has 0 saturated carbocycles. The monoisotopic (exact) mass is 699 g/mol. The van der Waals surface area contributed by atoms with E-state index in [9.17, 15) is 24.0 Å². The Kier molecular flexibility index (Phi) is 13.7. The highest BCUT2D eigenvalue weighted by Crippen LogP contribution is 2.26. The third-order valence-electron chi connectivity index (χ3n) is 8.66. The Morgan fingerprint density at radius 3 is 2.18 bits per heavy atom. The van der Waals surface area contributed by atoms with Crippen molar-refractivity contribution in [1.29, 1.82) is 0 Å². The quantitative estimate of drug-likeness (QED) is 0.151. The van der Waals surface area contributed by atoms with Crippen molar-refractivity contribution in [2.45, 2.75) is 78.2 Å². The van der Waals surface area contributed by atoms with Gasteiger partial charge < -0.3 is 31.3 Å². The second-order valence-electron chi connectivity index (χ2n) is 13.2. The van der Waals surface area contributed by atoms with Gasteiger partial charge >= 0.3 is 6.09 Å². The van der Waals surface area contributed by atoms with Gasteiger partial charge in [-0.25, -0.2) is 4.79 Å². The summed E-state index contributed by atoms with van der Waals surface area (Å²) in [7, 11) is 0. The van der Waals surface area contributed by atoms with Gasteiger partial charge in [0.05, 0.1) is 18.1 Å². The molecule has 1 fully saturated rings. The lowest BCUT2D eigenvalue weighted by Crippen LogP contribution is -2.55. The molecule has 5 N–H and O–H groups in total. The molecule has 1 aliphatic heterocycles. The van der Waals surface area contributed by atoms with Crippen LogP contribution in [0.25, 0.3) is 0 Å². The van der Waals surface area contributed by atoms with Gasteiger partial charge in [0.25, 0.3) is 11.8 Å². The van der Waals surface area contributed by atoms with Crippen LogP contribution in [0.4, 0.5) is 10.5 Å². The van der Waals surface area contributed by atoms with Gasteiger partial charge in [-0.2, -0.15) is 0 Å². The Hall–Kier alpha value is -5.30. The zero-order chi connectivity index (χ0) is 37.1. The number of anilines is 1. The molecule has 4 rings (SSSR count). The van der Waals surface area contributed by atoms with E-state index in [4.69, 9.17) is 4.74 Å².